The average molecular weight is 393 g/mol. The predicted octanol–water partition coefficient (Wildman–Crippen LogP) is 1.98. The molecule has 7 nitrogen and oxygen atoms in total. The van der Waals surface area contributed by atoms with Crippen LogP contribution in [-0.2, 0) is 4.79 Å². The van der Waals surface area contributed by atoms with Crippen LogP contribution in [0.5, 0.6) is 0 Å². The quantitative estimate of drug-likeness (QED) is 0.613. The number of nitrogens with two attached hydrogens (primary N) is 1. The Kier molecular flexibility index (Phi) is 4.29. The number of nitrogens with zero attached hydrogens (tertiary/aromatic N) is 4. The number of amides is 1. The summed E-state index contributed by atoms with van der Waals surface area (Å²) in [5.74, 6) is 5.72. The molecule has 8 heteroatoms. The molecule has 1 fully saturated rings. The zero-order chi connectivity index (χ0) is 20.1. The minimum atomic E-state index is -1.64. The molecular formula is C20H19N5O2S. The van der Waals surface area contributed by atoms with Gasteiger partial charge >= 0.3 is 0 Å². The average Bonchev–Trinajstić information content (AvgIpc) is 3.18. The first-order valence-corrected chi connectivity index (χ1v) is 9.61. The predicted molar refractivity (Wildman–Crippen MR) is 108 cm³/mol. The summed E-state index contributed by atoms with van der Waals surface area (Å²) in [6.07, 6.45) is 1.72. The number of thiazole rings is 1. The van der Waals surface area contributed by atoms with Gasteiger partial charge in [-0.25, -0.2) is 15.0 Å². The van der Waals surface area contributed by atoms with E-state index in [0.29, 0.717) is 23.3 Å². The van der Waals surface area contributed by atoms with Crippen molar-refractivity contribution in [3.8, 4) is 22.4 Å². The van der Waals surface area contributed by atoms with Gasteiger partial charge in [0.1, 0.15) is 21.7 Å². The molecular weight excluding hydrogens is 374 g/mol. The van der Waals surface area contributed by atoms with Gasteiger partial charge in [-0.05, 0) is 31.5 Å². The van der Waals surface area contributed by atoms with Crippen LogP contribution in [0.15, 0.2) is 24.5 Å². The summed E-state index contributed by atoms with van der Waals surface area (Å²) in [6, 6.07) is 5.66. The fourth-order valence-corrected chi connectivity index (χ4v) is 4.24. The number of aryl methyl sites for hydroxylation is 1. The van der Waals surface area contributed by atoms with Gasteiger partial charge < -0.3 is 15.7 Å². The number of aromatic nitrogens is 3. The van der Waals surface area contributed by atoms with Gasteiger partial charge in [0.05, 0.1) is 0 Å². The van der Waals surface area contributed by atoms with Crippen LogP contribution in [0.3, 0.4) is 0 Å². The molecule has 1 amide bonds. The number of benzene rings is 1. The van der Waals surface area contributed by atoms with Gasteiger partial charge in [-0.3, -0.25) is 4.79 Å². The molecule has 0 aliphatic carbocycles. The number of aliphatic hydroxyl groups is 1. The third-order valence-electron chi connectivity index (χ3n) is 5.03. The van der Waals surface area contributed by atoms with Crippen LogP contribution < -0.4 is 5.73 Å². The fraction of sp³-hybridized carbons (Fsp3) is 0.300. The van der Waals surface area contributed by atoms with E-state index < -0.39 is 5.60 Å². The molecule has 0 saturated carbocycles. The molecule has 2 atom stereocenters. The molecule has 0 radical (unpaired) electrons. The summed E-state index contributed by atoms with van der Waals surface area (Å²) in [5.41, 5.74) is 7.47. The Labute approximate surface area is 166 Å². The summed E-state index contributed by atoms with van der Waals surface area (Å²) in [7, 11) is 1.68. The number of carbonyl (C=O) groups excluding carboxylic acids is 1. The van der Waals surface area contributed by atoms with Crippen LogP contribution in [0.2, 0.25) is 0 Å². The third-order valence-corrected chi connectivity index (χ3v) is 6.03. The van der Waals surface area contributed by atoms with Gasteiger partial charge in [-0.2, -0.15) is 0 Å². The van der Waals surface area contributed by atoms with E-state index in [-0.39, 0.29) is 11.9 Å². The Morgan fingerprint density at radius 3 is 2.86 bits per heavy atom. The molecule has 4 rings (SSSR count). The fourth-order valence-electron chi connectivity index (χ4n) is 3.24. The van der Waals surface area contributed by atoms with Gasteiger partial charge in [0.25, 0.3) is 5.91 Å². The number of likely N-dealkylation sites (tertiary alicyclic amines) is 1. The summed E-state index contributed by atoms with van der Waals surface area (Å²) in [5, 5.41) is 11.4. The van der Waals surface area contributed by atoms with E-state index in [2.05, 4.69) is 26.8 Å². The van der Waals surface area contributed by atoms with E-state index >= 15 is 0 Å². The molecule has 1 unspecified atom stereocenters. The van der Waals surface area contributed by atoms with Gasteiger partial charge in [-0.1, -0.05) is 29.2 Å². The molecule has 0 spiro atoms. The van der Waals surface area contributed by atoms with Crippen molar-refractivity contribution in [2.24, 2.45) is 0 Å². The maximum Gasteiger partial charge on any atom is 0.267 e. The van der Waals surface area contributed by atoms with Crippen molar-refractivity contribution >= 4 is 33.4 Å². The van der Waals surface area contributed by atoms with E-state index in [1.54, 1.807) is 7.05 Å². The van der Waals surface area contributed by atoms with E-state index in [4.69, 9.17) is 5.73 Å². The number of hydrogen-bond acceptors (Lipinski definition) is 7. The summed E-state index contributed by atoms with van der Waals surface area (Å²) < 4.78 is 0. The number of carbonyl (C=O) groups is 1. The van der Waals surface area contributed by atoms with Crippen LogP contribution in [0, 0.1) is 18.8 Å². The van der Waals surface area contributed by atoms with Crippen LogP contribution in [0.4, 0.5) is 5.82 Å². The maximum absolute atomic E-state index is 12.3. The topological polar surface area (TPSA) is 105 Å². The van der Waals surface area contributed by atoms with Gasteiger partial charge in [-0.15, -0.1) is 0 Å². The maximum atomic E-state index is 12.3. The Bertz CT molecular complexity index is 1160. The molecule has 28 heavy (non-hydrogen) atoms. The van der Waals surface area contributed by atoms with Gasteiger partial charge in [0.2, 0.25) is 5.60 Å². The molecule has 3 aromatic rings. The monoisotopic (exact) mass is 393 g/mol. The SMILES string of the molecule is Cc1ccc(C#CC2(O)C[C@@H](C)N(C)C2=O)cc1-c1nc2c(N)ncnc2s1. The first-order chi connectivity index (χ1) is 13.3. The second-order valence-electron chi connectivity index (χ2n) is 7.04. The van der Waals surface area contributed by atoms with Gasteiger partial charge in [0, 0.05) is 30.6 Å². The Morgan fingerprint density at radius 2 is 2.18 bits per heavy atom. The third kappa shape index (κ3) is 2.99. The molecule has 1 aliphatic heterocycles. The van der Waals surface area contributed by atoms with Crippen LogP contribution in [0.1, 0.15) is 24.5 Å². The highest BCUT2D eigenvalue weighted by Crippen LogP contribution is 2.33. The van der Waals surface area contributed by atoms with Crippen molar-refractivity contribution in [1.82, 2.24) is 19.9 Å². The first kappa shape index (κ1) is 18.3. The van der Waals surface area contributed by atoms with Crippen LogP contribution in [-0.4, -0.2) is 49.6 Å². The summed E-state index contributed by atoms with van der Waals surface area (Å²) in [4.78, 5) is 27.3. The van der Waals surface area contributed by atoms with Crippen LogP contribution >= 0.6 is 11.3 Å². The minimum Gasteiger partial charge on any atom is -0.382 e. The van der Waals surface area contributed by atoms with Crippen molar-refractivity contribution in [1.29, 1.82) is 0 Å². The Morgan fingerprint density at radius 1 is 1.39 bits per heavy atom. The first-order valence-electron chi connectivity index (χ1n) is 8.79. The lowest BCUT2D eigenvalue weighted by Crippen LogP contribution is -2.37. The molecule has 3 heterocycles. The Balaban J connectivity index is 1.72. The standard InChI is InChI=1S/C20H19N5O2S/c1-11-4-5-13(6-7-20(27)9-12(2)25(3)19(20)26)8-14(11)17-24-15-16(21)22-10-23-18(15)28-17/h4-5,8,10,12,27H,9H2,1-3H3,(H2,21,22,23)/t12-,20?/m1/s1. The molecule has 0 bridgehead atoms. The van der Waals surface area contributed by atoms with Crippen molar-refractivity contribution in [3.05, 3.63) is 35.7 Å². The molecule has 1 aliphatic rings. The molecule has 1 saturated heterocycles. The molecule has 142 valence electrons. The second-order valence-corrected chi connectivity index (χ2v) is 8.02. The molecule has 1 aromatic carbocycles. The van der Waals surface area contributed by atoms with E-state index in [9.17, 15) is 9.90 Å². The highest BCUT2D eigenvalue weighted by Gasteiger charge is 2.46. The van der Waals surface area contributed by atoms with Crippen LogP contribution in [0.25, 0.3) is 20.9 Å². The largest absolute Gasteiger partial charge is 0.382 e. The zero-order valence-corrected chi connectivity index (χ0v) is 16.5. The lowest BCUT2D eigenvalue weighted by molar-refractivity contribution is -0.138. The smallest absolute Gasteiger partial charge is 0.267 e. The number of rotatable bonds is 1. The molecule has 2 aromatic heterocycles. The lowest BCUT2D eigenvalue weighted by atomic mass is 9.99. The van der Waals surface area contributed by atoms with Crippen molar-refractivity contribution in [2.45, 2.75) is 31.9 Å². The van der Waals surface area contributed by atoms with Gasteiger partial charge in [0.15, 0.2) is 5.82 Å². The number of hydrogen-bond donors (Lipinski definition) is 2. The van der Waals surface area contributed by atoms with E-state index in [0.717, 1.165) is 21.0 Å². The number of anilines is 1. The normalized spacial score (nSPS) is 21.8. The van der Waals surface area contributed by atoms with Crippen molar-refractivity contribution in [2.75, 3.05) is 12.8 Å². The summed E-state index contributed by atoms with van der Waals surface area (Å²) in [6.45, 7) is 3.88. The molecule has 3 N–H and O–H groups in total. The number of nitrogen functional groups attached to an aromatic ring is 1. The zero-order valence-electron chi connectivity index (χ0n) is 15.7. The number of likely N-dealkylation sites (N-methyl/N-ethyl adjacent to an activating group) is 1. The second kappa shape index (κ2) is 6.55. The minimum absolute atomic E-state index is 0.0466. The van der Waals surface area contributed by atoms with E-state index in [1.165, 1.54) is 22.6 Å². The highest BCUT2D eigenvalue weighted by molar-refractivity contribution is 7.21. The number of fused-ring (bicyclic) bond motifs is 1. The van der Waals surface area contributed by atoms with Crippen molar-refractivity contribution < 1.29 is 9.90 Å². The van der Waals surface area contributed by atoms with Crippen molar-refractivity contribution in [3.63, 3.8) is 0 Å². The Hall–Kier alpha value is -3.02. The summed E-state index contributed by atoms with van der Waals surface area (Å²) >= 11 is 1.43. The van der Waals surface area contributed by atoms with E-state index in [1.807, 2.05) is 32.0 Å². The lowest BCUT2D eigenvalue weighted by Gasteiger charge is -2.14. The highest BCUT2D eigenvalue weighted by atomic mass is 32.1.